The van der Waals surface area contributed by atoms with Crippen molar-refractivity contribution in [1.29, 1.82) is 0 Å². The minimum atomic E-state index is -1.80. The van der Waals surface area contributed by atoms with Crippen molar-refractivity contribution in [2.24, 2.45) is 27.9 Å². The second kappa shape index (κ2) is 32.1. The van der Waals surface area contributed by atoms with E-state index in [1.54, 1.807) is 60.9 Å². The number of carboxylic acids is 1. The second-order valence-electron chi connectivity index (χ2n) is 22.0. The van der Waals surface area contributed by atoms with Crippen LogP contribution >= 0.6 is 0 Å². The normalized spacial score (nSPS) is 18.1. The summed E-state index contributed by atoms with van der Waals surface area (Å²) in [6.45, 7) is 0.342. The Labute approximate surface area is 510 Å². The van der Waals surface area contributed by atoms with Crippen molar-refractivity contribution >= 4 is 92.8 Å². The van der Waals surface area contributed by atoms with E-state index in [4.69, 9.17) is 22.9 Å². The molecule has 4 heterocycles. The predicted octanol–water partition coefficient (Wildman–Crippen LogP) is -5.71. The van der Waals surface area contributed by atoms with Crippen molar-refractivity contribution in [2.75, 3.05) is 32.8 Å². The van der Waals surface area contributed by atoms with Gasteiger partial charge in [-0.1, -0.05) is 36.4 Å². The van der Waals surface area contributed by atoms with E-state index in [9.17, 15) is 78.3 Å². The first-order valence-electron chi connectivity index (χ1n) is 29.1. The quantitative estimate of drug-likeness (QED) is 0.0123. The molecular formula is C57H80N16O16. The summed E-state index contributed by atoms with van der Waals surface area (Å²) >= 11 is 0. The highest BCUT2D eigenvalue weighted by molar-refractivity contribution is 6.00. The van der Waals surface area contributed by atoms with Crippen LogP contribution in [-0.4, -0.2) is 222 Å². The molecular weight excluding hydrogens is 1160 g/mol. The second-order valence-corrected chi connectivity index (χ2v) is 22.0. The van der Waals surface area contributed by atoms with E-state index in [0.29, 0.717) is 39.4 Å². The number of aliphatic hydroxyl groups excluding tert-OH is 4. The van der Waals surface area contributed by atoms with E-state index in [1.807, 2.05) is 0 Å². The molecule has 0 spiro atoms. The highest BCUT2D eigenvalue weighted by Crippen LogP contribution is 2.24. The van der Waals surface area contributed by atoms with Crippen LogP contribution < -0.4 is 60.2 Å². The van der Waals surface area contributed by atoms with Gasteiger partial charge in [-0.2, -0.15) is 0 Å². The molecule has 0 bridgehead atoms. The Balaban J connectivity index is 1.21. The molecule has 0 unspecified atom stereocenters. The molecule has 22 N–H and O–H groups in total. The Bertz CT molecular complexity index is 3240. The molecule has 2 aliphatic heterocycles. The molecule has 2 saturated heterocycles. The first-order chi connectivity index (χ1) is 42.3. The summed E-state index contributed by atoms with van der Waals surface area (Å²) in [5, 5.41) is 70.6. The van der Waals surface area contributed by atoms with Crippen LogP contribution in [-0.2, 0) is 65.6 Å². The number of amides is 10. The number of aliphatic imine (C=N–C) groups is 1. The number of aliphatic hydroxyl groups is 4. The number of nitrogens with two attached hydrogens (primary N) is 4. The van der Waals surface area contributed by atoms with E-state index in [2.05, 4.69) is 52.2 Å². The third-order valence-electron chi connectivity index (χ3n) is 15.5. The van der Waals surface area contributed by atoms with Gasteiger partial charge in [-0.15, -0.1) is 0 Å². The molecule has 2 aromatic heterocycles. The SMILES string of the molecule is C[C@@H](O)[C@H](N)C(=O)N[C@@H](CCCN=C(N)N)C(=O)N[C@H](C(=O)N[C@@H](Cc1c[nH]c2ccccc12)C(=O)N[C@@H](CO)C(=O)N1CCC[C@H]1C(=O)N[C@@H](Cc1c[nH]c2ccccc12)C(=O)N[C@@H](CO)C(=O)N[C@@H](CCC(N)=O)C(=O)N1CCC[C@H]1C(=O)O)[C@@H](C)O. The third kappa shape index (κ3) is 18.4. The van der Waals surface area contributed by atoms with Gasteiger partial charge in [-0.3, -0.25) is 52.9 Å². The molecule has 484 valence electrons. The number of carbonyl (C=O) groups is 11. The van der Waals surface area contributed by atoms with Gasteiger partial charge in [0.25, 0.3) is 0 Å². The van der Waals surface area contributed by atoms with Gasteiger partial charge in [0, 0.05) is 73.1 Å². The lowest BCUT2D eigenvalue weighted by molar-refractivity contribution is -0.149. The van der Waals surface area contributed by atoms with E-state index < -0.39 is 157 Å². The van der Waals surface area contributed by atoms with Gasteiger partial charge in [0.05, 0.1) is 25.4 Å². The Morgan fingerprint density at radius 2 is 1.06 bits per heavy atom. The number of nitrogens with one attached hydrogen (secondary N) is 9. The van der Waals surface area contributed by atoms with Crippen LogP contribution in [0, 0.1) is 0 Å². The average molecular weight is 1250 g/mol. The summed E-state index contributed by atoms with van der Waals surface area (Å²) < 4.78 is 0. The van der Waals surface area contributed by atoms with Crippen LogP contribution in [0.25, 0.3) is 21.8 Å². The Morgan fingerprint density at radius 1 is 0.584 bits per heavy atom. The summed E-state index contributed by atoms with van der Waals surface area (Å²) in [6.07, 6.45) is -0.314. The van der Waals surface area contributed by atoms with Crippen molar-refractivity contribution in [3.8, 4) is 0 Å². The minimum absolute atomic E-state index is 0.0209. The van der Waals surface area contributed by atoms with E-state index in [-0.39, 0.29) is 77.0 Å². The molecule has 32 heteroatoms. The van der Waals surface area contributed by atoms with E-state index in [0.717, 1.165) is 9.80 Å². The predicted molar refractivity (Wildman–Crippen MR) is 318 cm³/mol. The number of likely N-dealkylation sites (tertiary alicyclic amines) is 2. The number of aliphatic carboxylic acids is 1. The van der Waals surface area contributed by atoms with Gasteiger partial charge in [0.2, 0.25) is 59.1 Å². The fraction of sp³-hybridized carbons (Fsp3) is 0.509. The van der Waals surface area contributed by atoms with Crippen LogP contribution in [0.3, 0.4) is 0 Å². The highest BCUT2D eigenvalue weighted by atomic mass is 16.4. The molecule has 89 heavy (non-hydrogen) atoms. The van der Waals surface area contributed by atoms with Crippen LogP contribution in [0.2, 0.25) is 0 Å². The largest absolute Gasteiger partial charge is 0.480 e. The Kier molecular flexibility index (Phi) is 24.9. The maximum atomic E-state index is 14.6. The number of aromatic amines is 2. The van der Waals surface area contributed by atoms with Gasteiger partial charge >= 0.3 is 5.97 Å². The molecule has 2 fully saturated rings. The lowest BCUT2D eigenvalue weighted by Gasteiger charge is -2.31. The van der Waals surface area contributed by atoms with Crippen molar-refractivity contribution in [1.82, 2.24) is 57.0 Å². The molecule has 6 rings (SSSR count). The summed E-state index contributed by atoms with van der Waals surface area (Å²) in [5.41, 5.74) is 24.4. The smallest absolute Gasteiger partial charge is 0.326 e. The summed E-state index contributed by atoms with van der Waals surface area (Å²) in [4.78, 5) is 163. The number of nitrogens with zero attached hydrogens (tertiary/aromatic N) is 3. The van der Waals surface area contributed by atoms with Crippen molar-refractivity contribution in [3.05, 3.63) is 72.1 Å². The number of aromatic nitrogens is 2. The number of fused-ring (bicyclic) bond motifs is 2. The lowest BCUT2D eigenvalue weighted by Crippen LogP contribution is -2.62. The van der Waals surface area contributed by atoms with Gasteiger partial charge in [-0.25, -0.2) is 4.79 Å². The van der Waals surface area contributed by atoms with Crippen molar-refractivity contribution in [2.45, 2.75) is 151 Å². The van der Waals surface area contributed by atoms with Gasteiger partial charge in [-0.05, 0) is 82.1 Å². The molecule has 4 aromatic rings. The summed E-state index contributed by atoms with van der Waals surface area (Å²) in [5.74, 6) is -11.2. The van der Waals surface area contributed by atoms with Gasteiger partial charge in [0.15, 0.2) is 5.96 Å². The lowest BCUT2D eigenvalue weighted by atomic mass is 10.0. The number of H-pyrrole nitrogens is 2. The van der Waals surface area contributed by atoms with Gasteiger partial charge in [0.1, 0.15) is 60.4 Å². The number of carboxylic acid groups (broad SMARTS) is 1. The molecule has 0 saturated carbocycles. The number of rotatable bonds is 32. The maximum Gasteiger partial charge on any atom is 0.326 e. The fourth-order valence-electron chi connectivity index (χ4n) is 10.6. The third-order valence-corrected chi connectivity index (χ3v) is 15.5. The summed E-state index contributed by atoms with van der Waals surface area (Å²) in [6, 6.07) is -1.42. The number of hydrogen-bond acceptors (Lipinski definition) is 17. The summed E-state index contributed by atoms with van der Waals surface area (Å²) in [7, 11) is 0. The van der Waals surface area contributed by atoms with Crippen molar-refractivity contribution < 1.29 is 78.3 Å². The minimum Gasteiger partial charge on any atom is -0.480 e. The van der Waals surface area contributed by atoms with Gasteiger partial charge < -0.3 is 105 Å². The molecule has 2 aromatic carbocycles. The van der Waals surface area contributed by atoms with E-state index >= 15 is 0 Å². The van der Waals surface area contributed by atoms with Crippen LogP contribution in [0.5, 0.6) is 0 Å². The topological polar surface area (TPSA) is 528 Å². The standard InChI is InChI=1S/C57H80N16O16/c1-28(76)45(59)52(84)65-36(14-7-19-62-57(60)61)47(79)71-46(29(2)77)53(85)68-39(23-31-25-64-35-13-6-4-11-33(31)35)49(81)70-41(27-75)55(87)72-20-8-15-42(72)51(83)67-38(22-30-24-63-34-12-5-3-10-32(30)34)48(80)69-40(26-74)50(82)66-37(17-18-44(58)78)54(86)73-21-9-16-43(73)56(88)89/h3-6,10-13,24-25,28-29,36-43,45-46,63-64,74-77H,7-9,14-23,26-27,59H2,1-2H3,(H2,58,78)(H,65,84)(H,66,82)(H,67,83)(H,68,85)(H,69,80)(H,70,81)(H,71,79)(H,88,89)(H4,60,61,62)/t28-,29-,36+,37+,38+,39+,40+,41+,42+,43+,45+,46+/m1/s1. The Hall–Kier alpha value is -9.24. The molecule has 10 amide bonds. The fourth-order valence-corrected chi connectivity index (χ4v) is 10.6. The molecule has 32 nitrogen and oxygen atoms in total. The number of guanidine groups is 1. The van der Waals surface area contributed by atoms with Crippen LogP contribution in [0.15, 0.2) is 65.9 Å². The molecule has 0 radical (unpaired) electrons. The monoisotopic (exact) mass is 1240 g/mol. The maximum absolute atomic E-state index is 14.6. The molecule has 0 aliphatic carbocycles. The first kappa shape index (κ1) is 68.9. The number of hydrogen-bond donors (Lipinski definition) is 18. The zero-order valence-electron chi connectivity index (χ0n) is 49.2. The van der Waals surface area contributed by atoms with Crippen molar-refractivity contribution in [3.63, 3.8) is 0 Å². The zero-order valence-corrected chi connectivity index (χ0v) is 49.2. The highest BCUT2D eigenvalue weighted by Gasteiger charge is 2.42. The number of benzene rings is 2. The Morgan fingerprint density at radius 3 is 1.58 bits per heavy atom. The van der Waals surface area contributed by atoms with E-state index in [1.165, 1.54) is 13.8 Å². The molecule has 12 atom stereocenters. The number of primary amides is 1. The number of carbonyl (C=O) groups excluding carboxylic acids is 10. The first-order valence-corrected chi connectivity index (χ1v) is 29.1. The number of para-hydroxylation sites is 2. The van der Waals surface area contributed by atoms with Crippen LogP contribution in [0.1, 0.15) is 76.3 Å². The molecule has 2 aliphatic rings. The van der Waals surface area contributed by atoms with Crippen LogP contribution in [0.4, 0.5) is 0 Å². The zero-order chi connectivity index (χ0) is 65.2. The average Bonchev–Trinajstić information content (AvgIpc) is 3.26.